The topological polar surface area (TPSA) is 62.6 Å². The monoisotopic (exact) mass is 364 g/mol. The fourth-order valence-electron chi connectivity index (χ4n) is 2.86. The molecule has 1 aromatic heterocycles. The van der Waals surface area contributed by atoms with Crippen LogP contribution in [0.3, 0.4) is 0 Å². The second-order valence-corrected chi connectivity index (χ2v) is 8.10. The number of furan rings is 1. The standard InChI is InChI=1S/C19H28N2O3S/c1-5-21(6-2)18(19-8-7-13-24-19)14-20-25(22,23)17-11-9-16(10-12-17)15(3)4/h7-13,15,18,20H,5-6,14H2,1-4H3. The van der Waals surface area contributed by atoms with Crippen LogP contribution in [0, 0.1) is 0 Å². The van der Waals surface area contributed by atoms with Gasteiger partial charge >= 0.3 is 0 Å². The van der Waals surface area contributed by atoms with Crippen molar-refractivity contribution in [2.24, 2.45) is 0 Å². The van der Waals surface area contributed by atoms with Crippen LogP contribution >= 0.6 is 0 Å². The third kappa shape index (κ3) is 4.93. The fraction of sp³-hybridized carbons (Fsp3) is 0.474. The summed E-state index contributed by atoms with van der Waals surface area (Å²) < 4.78 is 33.5. The van der Waals surface area contributed by atoms with Crippen molar-refractivity contribution in [3.63, 3.8) is 0 Å². The van der Waals surface area contributed by atoms with Gasteiger partial charge in [-0.05, 0) is 48.8 Å². The molecule has 0 amide bonds. The van der Waals surface area contributed by atoms with E-state index in [1.807, 2.05) is 24.3 Å². The van der Waals surface area contributed by atoms with Crippen LogP contribution in [0.25, 0.3) is 0 Å². The average molecular weight is 365 g/mol. The van der Waals surface area contributed by atoms with E-state index in [1.165, 1.54) is 0 Å². The molecule has 25 heavy (non-hydrogen) atoms. The van der Waals surface area contributed by atoms with Crippen molar-refractivity contribution in [3.8, 4) is 0 Å². The summed E-state index contributed by atoms with van der Waals surface area (Å²) >= 11 is 0. The normalized spacial score (nSPS) is 13.5. The van der Waals surface area contributed by atoms with E-state index >= 15 is 0 Å². The number of benzene rings is 1. The first-order valence-electron chi connectivity index (χ1n) is 8.76. The van der Waals surface area contributed by atoms with E-state index in [9.17, 15) is 8.42 Å². The molecule has 0 spiro atoms. The number of hydrogen-bond donors (Lipinski definition) is 1. The molecule has 0 saturated heterocycles. The molecule has 0 fully saturated rings. The molecule has 2 aromatic rings. The van der Waals surface area contributed by atoms with E-state index < -0.39 is 10.0 Å². The highest BCUT2D eigenvalue weighted by atomic mass is 32.2. The van der Waals surface area contributed by atoms with Gasteiger partial charge in [0.1, 0.15) is 5.76 Å². The van der Waals surface area contributed by atoms with Gasteiger partial charge < -0.3 is 4.42 Å². The van der Waals surface area contributed by atoms with Crippen LogP contribution in [-0.2, 0) is 10.0 Å². The summed E-state index contributed by atoms with van der Waals surface area (Å²) in [5.74, 6) is 1.14. The van der Waals surface area contributed by atoms with Crippen molar-refractivity contribution in [1.29, 1.82) is 0 Å². The number of hydrogen-bond acceptors (Lipinski definition) is 4. The molecule has 1 atom stereocenters. The maximum Gasteiger partial charge on any atom is 0.240 e. The van der Waals surface area contributed by atoms with Gasteiger partial charge in [0.15, 0.2) is 0 Å². The third-order valence-corrected chi connectivity index (χ3v) is 5.89. The molecular weight excluding hydrogens is 336 g/mol. The number of nitrogens with zero attached hydrogens (tertiary/aromatic N) is 1. The summed E-state index contributed by atoms with van der Waals surface area (Å²) in [7, 11) is -3.56. The SMILES string of the molecule is CCN(CC)C(CNS(=O)(=O)c1ccc(C(C)C)cc1)c1ccco1. The van der Waals surface area contributed by atoms with Crippen LogP contribution in [0.5, 0.6) is 0 Å². The van der Waals surface area contributed by atoms with Crippen LogP contribution in [0.2, 0.25) is 0 Å². The first-order valence-corrected chi connectivity index (χ1v) is 10.2. The Labute approximate surface area is 151 Å². The molecule has 0 radical (unpaired) electrons. The molecule has 5 nitrogen and oxygen atoms in total. The minimum Gasteiger partial charge on any atom is -0.468 e. The van der Waals surface area contributed by atoms with Gasteiger partial charge in [-0.2, -0.15) is 0 Å². The lowest BCUT2D eigenvalue weighted by molar-refractivity contribution is 0.194. The average Bonchev–Trinajstić information content (AvgIpc) is 3.13. The van der Waals surface area contributed by atoms with Crippen LogP contribution in [0.4, 0.5) is 0 Å². The molecular formula is C19H28N2O3S. The number of likely N-dealkylation sites (N-methyl/N-ethyl adjacent to an activating group) is 1. The zero-order valence-corrected chi connectivity index (χ0v) is 16.2. The van der Waals surface area contributed by atoms with Crippen LogP contribution in [-0.4, -0.2) is 33.0 Å². The van der Waals surface area contributed by atoms with Gasteiger partial charge in [-0.25, -0.2) is 13.1 Å². The van der Waals surface area contributed by atoms with Gasteiger partial charge in [-0.15, -0.1) is 0 Å². The van der Waals surface area contributed by atoms with Crippen molar-refractivity contribution < 1.29 is 12.8 Å². The third-order valence-electron chi connectivity index (χ3n) is 4.45. The van der Waals surface area contributed by atoms with Crippen molar-refractivity contribution in [2.45, 2.75) is 44.6 Å². The summed E-state index contributed by atoms with van der Waals surface area (Å²) in [5, 5.41) is 0. The molecule has 2 rings (SSSR count). The summed E-state index contributed by atoms with van der Waals surface area (Å²) in [6.07, 6.45) is 1.62. The zero-order valence-electron chi connectivity index (χ0n) is 15.4. The van der Waals surface area contributed by atoms with Crippen molar-refractivity contribution in [1.82, 2.24) is 9.62 Å². The van der Waals surface area contributed by atoms with E-state index in [0.29, 0.717) is 5.92 Å². The summed E-state index contributed by atoms with van der Waals surface area (Å²) in [4.78, 5) is 2.46. The lowest BCUT2D eigenvalue weighted by Crippen LogP contribution is -2.37. The van der Waals surface area contributed by atoms with Gasteiger partial charge in [0.25, 0.3) is 0 Å². The quantitative estimate of drug-likeness (QED) is 0.736. The Hall–Kier alpha value is -1.63. The predicted octanol–water partition coefficient (Wildman–Crippen LogP) is 3.76. The van der Waals surface area contributed by atoms with Crippen molar-refractivity contribution in [2.75, 3.05) is 19.6 Å². The van der Waals surface area contributed by atoms with E-state index in [0.717, 1.165) is 24.4 Å². The second-order valence-electron chi connectivity index (χ2n) is 6.33. The maximum absolute atomic E-state index is 12.6. The molecule has 1 unspecified atom stereocenters. The van der Waals surface area contributed by atoms with E-state index in [4.69, 9.17) is 4.42 Å². The highest BCUT2D eigenvalue weighted by molar-refractivity contribution is 7.89. The Morgan fingerprint density at radius 2 is 1.72 bits per heavy atom. The van der Waals surface area contributed by atoms with Crippen molar-refractivity contribution in [3.05, 3.63) is 54.0 Å². The Bertz CT molecular complexity index is 733. The second kappa shape index (κ2) is 8.65. The molecule has 1 aromatic carbocycles. The fourth-order valence-corrected chi connectivity index (χ4v) is 3.90. The van der Waals surface area contributed by atoms with Gasteiger partial charge in [0.2, 0.25) is 10.0 Å². The highest BCUT2D eigenvalue weighted by Gasteiger charge is 2.23. The molecule has 0 aliphatic carbocycles. The Kier molecular flexibility index (Phi) is 6.81. The molecule has 6 heteroatoms. The van der Waals surface area contributed by atoms with Crippen LogP contribution in [0.1, 0.15) is 51.0 Å². The molecule has 0 aliphatic rings. The van der Waals surface area contributed by atoms with Gasteiger partial charge in [-0.1, -0.05) is 39.8 Å². The van der Waals surface area contributed by atoms with Crippen LogP contribution < -0.4 is 4.72 Å². The van der Waals surface area contributed by atoms with Crippen LogP contribution in [0.15, 0.2) is 52.0 Å². The van der Waals surface area contributed by atoms with E-state index in [-0.39, 0.29) is 17.5 Å². The highest BCUT2D eigenvalue weighted by Crippen LogP contribution is 2.22. The number of rotatable bonds is 9. The predicted molar refractivity (Wildman–Crippen MR) is 100 cm³/mol. The molecule has 0 aliphatic heterocycles. The first-order chi connectivity index (χ1) is 11.9. The molecule has 1 heterocycles. The Morgan fingerprint density at radius 1 is 1.08 bits per heavy atom. The Morgan fingerprint density at radius 3 is 2.20 bits per heavy atom. The minimum absolute atomic E-state index is 0.130. The summed E-state index contributed by atoms with van der Waals surface area (Å²) in [6.45, 7) is 10.2. The summed E-state index contributed by atoms with van der Waals surface area (Å²) in [5.41, 5.74) is 1.12. The molecule has 1 N–H and O–H groups in total. The van der Waals surface area contributed by atoms with Gasteiger partial charge in [-0.3, -0.25) is 4.90 Å². The van der Waals surface area contributed by atoms with Gasteiger partial charge in [0.05, 0.1) is 17.2 Å². The lowest BCUT2D eigenvalue weighted by atomic mass is 10.0. The van der Waals surface area contributed by atoms with E-state index in [2.05, 4.69) is 37.3 Å². The summed E-state index contributed by atoms with van der Waals surface area (Å²) in [6, 6.07) is 10.6. The number of nitrogens with one attached hydrogen (secondary N) is 1. The maximum atomic E-state index is 12.6. The van der Waals surface area contributed by atoms with Crippen molar-refractivity contribution >= 4 is 10.0 Å². The largest absolute Gasteiger partial charge is 0.468 e. The Balaban J connectivity index is 2.15. The lowest BCUT2D eigenvalue weighted by Gasteiger charge is -2.28. The smallest absolute Gasteiger partial charge is 0.240 e. The molecule has 0 bridgehead atoms. The van der Waals surface area contributed by atoms with Gasteiger partial charge in [0, 0.05) is 6.54 Å². The zero-order chi connectivity index (χ0) is 18.4. The minimum atomic E-state index is -3.56. The number of sulfonamides is 1. The molecule has 138 valence electrons. The van der Waals surface area contributed by atoms with E-state index in [1.54, 1.807) is 18.4 Å². The first kappa shape index (κ1) is 19.7. The molecule has 0 saturated carbocycles.